The van der Waals surface area contributed by atoms with Crippen LogP contribution in [0.5, 0.6) is 0 Å². The smallest absolute Gasteiger partial charge is 0.149 e. The summed E-state index contributed by atoms with van der Waals surface area (Å²) in [6.07, 6.45) is 1.76. The van der Waals surface area contributed by atoms with Crippen LogP contribution in [0, 0.1) is 0 Å². The summed E-state index contributed by atoms with van der Waals surface area (Å²) in [5, 5.41) is 3.28. The highest BCUT2D eigenvalue weighted by atomic mass is 79.9. The fourth-order valence-electron chi connectivity index (χ4n) is 1.76. The van der Waals surface area contributed by atoms with E-state index in [4.69, 9.17) is 5.73 Å². The van der Waals surface area contributed by atoms with Crippen LogP contribution in [0.2, 0.25) is 0 Å². The first-order valence-corrected chi connectivity index (χ1v) is 7.65. The van der Waals surface area contributed by atoms with E-state index in [0.29, 0.717) is 5.69 Å². The first-order valence-electron chi connectivity index (χ1n) is 5.71. The van der Waals surface area contributed by atoms with E-state index in [1.165, 1.54) is 24.6 Å². The van der Waals surface area contributed by atoms with Crippen LogP contribution in [0.3, 0.4) is 0 Å². The SMILES string of the molecule is Nc1cc(Br)cnc1NCCN1CCSCC1. The minimum atomic E-state index is 0.688. The number of nitrogen functional groups attached to an aromatic ring is 1. The highest BCUT2D eigenvalue weighted by Gasteiger charge is 2.09. The predicted octanol–water partition coefficient (Wildman–Crippen LogP) is 1.89. The third kappa shape index (κ3) is 4.04. The van der Waals surface area contributed by atoms with Crippen LogP contribution < -0.4 is 11.1 Å². The van der Waals surface area contributed by atoms with E-state index in [-0.39, 0.29) is 0 Å². The quantitative estimate of drug-likeness (QED) is 0.888. The molecule has 1 aromatic rings. The Kier molecular flexibility index (Phi) is 4.94. The second-order valence-corrected chi connectivity index (χ2v) is 6.11. The van der Waals surface area contributed by atoms with Crippen LogP contribution >= 0.6 is 27.7 Å². The van der Waals surface area contributed by atoms with E-state index in [9.17, 15) is 0 Å². The number of nitrogens with one attached hydrogen (secondary N) is 1. The number of thioether (sulfide) groups is 1. The van der Waals surface area contributed by atoms with Gasteiger partial charge in [-0.15, -0.1) is 0 Å². The highest BCUT2D eigenvalue weighted by molar-refractivity contribution is 9.10. The van der Waals surface area contributed by atoms with Gasteiger partial charge in [-0.1, -0.05) is 0 Å². The summed E-state index contributed by atoms with van der Waals surface area (Å²) in [6.45, 7) is 4.33. The molecule has 1 aromatic heterocycles. The number of nitrogens with zero attached hydrogens (tertiary/aromatic N) is 2. The van der Waals surface area contributed by atoms with E-state index in [0.717, 1.165) is 23.4 Å². The molecule has 0 amide bonds. The second-order valence-electron chi connectivity index (χ2n) is 3.97. The van der Waals surface area contributed by atoms with Crippen molar-refractivity contribution in [3.63, 3.8) is 0 Å². The molecule has 0 bridgehead atoms. The Labute approximate surface area is 114 Å². The minimum Gasteiger partial charge on any atom is -0.396 e. The maximum Gasteiger partial charge on any atom is 0.149 e. The van der Waals surface area contributed by atoms with Gasteiger partial charge in [0.25, 0.3) is 0 Å². The molecule has 0 atom stereocenters. The Morgan fingerprint density at radius 3 is 2.94 bits per heavy atom. The molecule has 0 radical (unpaired) electrons. The van der Waals surface area contributed by atoms with Gasteiger partial charge in [0, 0.05) is 48.4 Å². The van der Waals surface area contributed by atoms with E-state index < -0.39 is 0 Å². The van der Waals surface area contributed by atoms with Crippen molar-refractivity contribution < 1.29 is 0 Å². The largest absolute Gasteiger partial charge is 0.396 e. The van der Waals surface area contributed by atoms with Crippen molar-refractivity contribution in [3.05, 3.63) is 16.7 Å². The zero-order chi connectivity index (χ0) is 12.1. The Balaban J connectivity index is 1.77. The lowest BCUT2D eigenvalue weighted by molar-refractivity contribution is 0.314. The Morgan fingerprint density at radius 1 is 1.47 bits per heavy atom. The van der Waals surface area contributed by atoms with Crippen LogP contribution in [-0.4, -0.2) is 47.6 Å². The average Bonchev–Trinajstić information content (AvgIpc) is 2.33. The molecule has 94 valence electrons. The van der Waals surface area contributed by atoms with E-state index in [1.807, 2.05) is 17.8 Å². The van der Waals surface area contributed by atoms with Crippen molar-refractivity contribution in [2.75, 3.05) is 48.7 Å². The molecule has 1 fully saturated rings. The van der Waals surface area contributed by atoms with Gasteiger partial charge >= 0.3 is 0 Å². The minimum absolute atomic E-state index is 0.688. The van der Waals surface area contributed by atoms with E-state index in [2.05, 4.69) is 31.1 Å². The van der Waals surface area contributed by atoms with Gasteiger partial charge in [-0.2, -0.15) is 11.8 Å². The van der Waals surface area contributed by atoms with Crippen molar-refractivity contribution in [1.82, 2.24) is 9.88 Å². The molecular formula is C11H17BrN4S. The van der Waals surface area contributed by atoms with Gasteiger partial charge < -0.3 is 11.1 Å². The summed E-state index contributed by atoms with van der Waals surface area (Å²) in [7, 11) is 0. The second kappa shape index (κ2) is 6.47. The van der Waals surface area contributed by atoms with Gasteiger partial charge in [0.05, 0.1) is 5.69 Å². The van der Waals surface area contributed by atoms with Crippen LogP contribution in [-0.2, 0) is 0 Å². The van der Waals surface area contributed by atoms with Gasteiger partial charge in [-0.3, -0.25) is 4.90 Å². The molecule has 1 saturated heterocycles. The molecule has 0 unspecified atom stereocenters. The molecule has 1 aliphatic heterocycles. The summed E-state index contributed by atoms with van der Waals surface area (Å²) in [4.78, 5) is 6.73. The molecule has 6 heteroatoms. The average molecular weight is 317 g/mol. The van der Waals surface area contributed by atoms with Gasteiger partial charge in [-0.05, 0) is 22.0 Å². The summed E-state index contributed by atoms with van der Waals surface area (Å²) in [5.74, 6) is 3.27. The lowest BCUT2D eigenvalue weighted by Crippen LogP contribution is -2.36. The molecule has 0 aromatic carbocycles. The Hall–Kier alpha value is -0.460. The lowest BCUT2D eigenvalue weighted by atomic mass is 10.4. The van der Waals surface area contributed by atoms with Crippen molar-refractivity contribution in [3.8, 4) is 0 Å². The first-order chi connectivity index (χ1) is 8.25. The van der Waals surface area contributed by atoms with Crippen molar-refractivity contribution in [2.24, 2.45) is 0 Å². The summed E-state index contributed by atoms with van der Waals surface area (Å²) < 4.78 is 0.911. The summed E-state index contributed by atoms with van der Waals surface area (Å²) >= 11 is 5.38. The molecule has 3 N–H and O–H groups in total. The molecular weight excluding hydrogens is 300 g/mol. The maximum atomic E-state index is 5.87. The molecule has 0 saturated carbocycles. The predicted molar refractivity (Wildman–Crippen MR) is 78.6 cm³/mol. The fraction of sp³-hybridized carbons (Fsp3) is 0.545. The number of rotatable bonds is 4. The standard InChI is InChI=1S/C11H17BrN4S/c12-9-7-10(13)11(15-8-9)14-1-2-16-3-5-17-6-4-16/h7-8H,1-6,13H2,(H,14,15). The van der Waals surface area contributed by atoms with Crippen LogP contribution in [0.4, 0.5) is 11.5 Å². The highest BCUT2D eigenvalue weighted by Crippen LogP contribution is 2.19. The number of hydrogen-bond acceptors (Lipinski definition) is 5. The molecule has 0 aliphatic carbocycles. The van der Waals surface area contributed by atoms with Crippen LogP contribution in [0.1, 0.15) is 0 Å². The Morgan fingerprint density at radius 2 is 2.24 bits per heavy atom. The van der Waals surface area contributed by atoms with Crippen molar-refractivity contribution >= 4 is 39.2 Å². The van der Waals surface area contributed by atoms with Crippen molar-refractivity contribution in [2.45, 2.75) is 0 Å². The molecule has 0 spiro atoms. The topological polar surface area (TPSA) is 54.2 Å². The third-order valence-electron chi connectivity index (χ3n) is 2.71. The number of pyridine rings is 1. The van der Waals surface area contributed by atoms with Gasteiger partial charge in [-0.25, -0.2) is 4.98 Å². The lowest BCUT2D eigenvalue weighted by Gasteiger charge is -2.26. The molecule has 2 rings (SSSR count). The van der Waals surface area contributed by atoms with Crippen LogP contribution in [0.15, 0.2) is 16.7 Å². The monoisotopic (exact) mass is 316 g/mol. The Bertz CT molecular complexity index is 368. The van der Waals surface area contributed by atoms with Gasteiger partial charge in [0.1, 0.15) is 5.82 Å². The van der Waals surface area contributed by atoms with Crippen molar-refractivity contribution in [1.29, 1.82) is 0 Å². The first kappa shape index (κ1) is 13.0. The zero-order valence-electron chi connectivity index (χ0n) is 9.66. The van der Waals surface area contributed by atoms with E-state index >= 15 is 0 Å². The number of hydrogen-bond donors (Lipinski definition) is 2. The fourth-order valence-corrected chi connectivity index (χ4v) is 3.09. The summed E-state index contributed by atoms with van der Waals surface area (Å²) in [6, 6.07) is 1.87. The summed E-state index contributed by atoms with van der Waals surface area (Å²) in [5.41, 5.74) is 6.56. The number of halogens is 1. The number of anilines is 2. The molecule has 1 aliphatic rings. The number of aromatic nitrogens is 1. The molecule has 4 nitrogen and oxygen atoms in total. The van der Waals surface area contributed by atoms with E-state index in [1.54, 1.807) is 6.20 Å². The van der Waals surface area contributed by atoms with Crippen LogP contribution in [0.25, 0.3) is 0 Å². The molecule has 17 heavy (non-hydrogen) atoms. The molecule has 2 heterocycles. The normalized spacial score (nSPS) is 17.0. The maximum absolute atomic E-state index is 5.87. The van der Waals surface area contributed by atoms with Gasteiger partial charge in [0.2, 0.25) is 0 Å². The zero-order valence-corrected chi connectivity index (χ0v) is 12.1. The third-order valence-corrected chi connectivity index (χ3v) is 4.08. The van der Waals surface area contributed by atoms with Gasteiger partial charge in [0.15, 0.2) is 0 Å². The number of nitrogens with two attached hydrogens (primary N) is 1.